The molecule has 0 aliphatic rings. The highest BCUT2D eigenvalue weighted by atomic mass is 14.1. The first-order chi connectivity index (χ1) is 9.66. The monoisotopic (exact) mass is 282 g/mol. The second-order valence-electron chi connectivity index (χ2n) is 7.40. The summed E-state index contributed by atoms with van der Waals surface area (Å²) in [5.41, 5.74) is 0. The Kier molecular flexibility index (Phi) is 15.4. The fourth-order valence-corrected chi connectivity index (χ4v) is 2.99. The van der Waals surface area contributed by atoms with E-state index in [0.717, 1.165) is 11.8 Å². The van der Waals surface area contributed by atoms with Crippen molar-refractivity contribution in [1.29, 1.82) is 0 Å². The Morgan fingerprint density at radius 1 is 0.500 bits per heavy atom. The van der Waals surface area contributed by atoms with Gasteiger partial charge in [0.1, 0.15) is 0 Å². The molecule has 0 nitrogen and oxygen atoms in total. The number of hydrogen-bond donors (Lipinski definition) is 0. The predicted octanol–water partition coefficient (Wildman–Crippen LogP) is 7.76. The van der Waals surface area contributed by atoms with Crippen LogP contribution in [0.4, 0.5) is 0 Å². The van der Waals surface area contributed by atoms with Crippen molar-refractivity contribution in [1.82, 2.24) is 0 Å². The molecule has 0 fully saturated rings. The van der Waals surface area contributed by atoms with Crippen LogP contribution in [0.3, 0.4) is 0 Å². The van der Waals surface area contributed by atoms with Gasteiger partial charge in [-0.15, -0.1) is 0 Å². The molecule has 0 aromatic carbocycles. The fraction of sp³-hybridized carbons (Fsp3) is 1.00. The van der Waals surface area contributed by atoms with Gasteiger partial charge in [0.15, 0.2) is 0 Å². The van der Waals surface area contributed by atoms with Crippen molar-refractivity contribution in [3.8, 4) is 0 Å². The van der Waals surface area contributed by atoms with Gasteiger partial charge in [-0.2, -0.15) is 0 Å². The van der Waals surface area contributed by atoms with Gasteiger partial charge in [-0.05, 0) is 11.8 Å². The zero-order valence-electron chi connectivity index (χ0n) is 15.1. The average molecular weight is 283 g/mol. The SMILES string of the molecule is CCCCCCCCCCC(C)CCCCCC(C)C. The molecule has 0 rings (SSSR count). The Morgan fingerprint density at radius 2 is 0.900 bits per heavy atom. The Morgan fingerprint density at radius 3 is 1.40 bits per heavy atom. The van der Waals surface area contributed by atoms with Crippen LogP contribution in [0, 0.1) is 11.8 Å². The summed E-state index contributed by atoms with van der Waals surface area (Å²) in [4.78, 5) is 0. The van der Waals surface area contributed by atoms with E-state index in [2.05, 4.69) is 27.7 Å². The van der Waals surface area contributed by atoms with E-state index in [1.54, 1.807) is 0 Å². The third-order valence-corrected chi connectivity index (χ3v) is 4.53. The van der Waals surface area contributed by atoms with Gasteiger partial charge >= 0.3 is 0 Å². The second-order valence-corrected chi connectivity index (χ2v) is 7.40. The summed E-state index contributed by atoms with van der Waals surface area (Å²) in [6.45, 7) is 9.43. The van der Waals surface area contributed by atoms with Gasteiger partial charge in [-0.3, -0.25) is 0 Å². The van der Waals surface area contributed by atoms with Crippen LogP contribution >= 0.6 is 0 Å². The molecule has 122 valence electrons. The van der Waals surface area contributed by atoms with Gasteiger partial charge in [0.2, 0.25) is 0 Å². The molecule has 0 spiro atoms. The number of hydrogen-bond acceptors (Lipinski definition) is 0. The van der Waals surface area contributed by atoms with Gasteiger partial charge < -0.3 is 0 Å². The molecule has 1 unspecified atom stereocenters. The molecule has 0 aliphatic carbocycles. The van der Waals surface area contributed by atoms with Crippen LogP contribution in [-0.2, 0) is 0 Å². The summed E-state index contributed by atoms with van der Waals surface area (Å²) in [6, 6.07) is 0. The number of rotatable bonds is 15. The van der Waals surface area contributed by atoms with Crippen LogP contribution in [0.5, 0.6) is 0 Å². The third kappa shape index (κ3) is 16.1. The molecule has 0 bridgehead atoms. The van der Waals surface area contributed by atoms with E-state index in [4.69, 9.17) is 0 Å². The lowest BCUT2D eigenvalue weighted by atomic mass is 9.95. The standard InChI is InChI=1S/C20H42/c1-5-6-7-8-9-10-11-14-17-20(4)18-15-12-13-16-19(2)3/h19-20H,5-18H2,1-4H3. The highest BCUT2D eigenvalue weighted by Crippen LogP contribution is 2.19. The zero-order valence-corrected chi connectivity index (χ0v) is 15.1. The molecular weight excluding hydrogens is 240 g/mol. The molecule has 0 radical (unpaired) electrons. The Labute approximate surface area is 130 Å². The first kappa shape index (κ1) is 20.0. The minimum Gasteiger partial charge on any atom is -0.0654 e. The highest BCUT2D eigenvalue weighted by molar-refractivity contribution is 4.56. The maximum atomic E-state index is 2.46. The van der Waals surface area contributed by atoms with E-state index >= 15 is 0 Å². The van der Waals surface area contributed by atoms with Crippen LogP contribution in [0.2, 0.25) is 0 Å². The summed E-state index contributed by atoms with van der Waals surface area (Å²) in [5, 5.41) is 0. The summed E-state index contributed by atoms with van der Waals surface area (Å²) in [7, 11) is 0. The molecule has 0 aromatic heterocycles. The molecule has 20 heavy (non-hydrogen) atoms. The topological polar surface area (TPSA) is 0 Å². The maximum absolute atomic E-state index is 2.46. The lowest BCUT2D eigenvalue weighted by Crippen LogP contribution is -1.95. The molecule has 0 aliphatic heterocycles. The van der Waals surface area contributed by atoms with Crippen molar-refractivity contribution in [3.05, 3.63) is 0 Å². The molecule has 0 amide bonds. The van der Waals surface area contributed by atoms with Crippen LogP contribution in [-0.4, -0.2) is 0 Å². The summed E-state index contributed by atoms with van der Waals surface area (Å²) in [5.74, 6) is 1.86. The largest absolute Gasteiger partial charge is 0.0654 e. The van der Waals surface area contributed by atoms with E-state index in [1.165, 1.54) is 89.9 Å². The minimum absolute atomic E-state index is 0.893. The molecule has 0 aromatic rings. The summed E-state index contributed by atoms with van der Waals surface area (Å²) in [6.07, 6.45) is 20.4. The van der Waals surface area contributed by atoms with Crippen molar-refractivity contribution < 1.29 is 0 Å². The molecule has 0 saturated carbocycles. The average Bonchev–Trinajstić information content (AvgIpc) is 2.41. The maximum Gasteiger partial charge on any atom is -0.0443 e. The van der Waals surface area contributed by atoms with Crippen molar-refractivity contribution in [2.24, 2.45) is 11.8 Å². The lowest BCUT2D eigenvalue weighted by Gasteiger charge is -2.11. The van der Waals surface area contributed by atoms with Gasteiger partial charge in [-0.25, -0.2) is 0 Å². The summed E-state index contributed by atoms with van der Waals surface area (Å²) >= 11 is 0. The first-order valence-corrected chi connectivity index (χ1v) is 9.66. The first-order valence-electron chi connectivity index (χ1n) is 9.66. The molecule has 0 heterocycles. The minimum atomic E-state index is 0.893. The third-order valence-electron chi connectivity index (χ3n) is 4.53. The Balaban J connectivity index is 3.14. The quantitative estimate of drug-likeness (QED) is 0.269. The molecule has 0 heteroatoms. The predicted molar refractivity (Wildman–Crippen MR) is 94.3 cm³/mol. The van der Waals surface area contributed by atoms with E-state index in [9.17, 15) is 0 Å². The molecular formula is C20H42. The second kappa shape index (κ2) is 15.4. The van der Waals surface area contributed by atoms with E-state index in [-0.39, 0.29) is 0 Å². The number of unbranched alkanes of at least 4 members (excludes halogenated alkanes) is 9. The van der Waals surface area contributed by atoms with Crippen molar-refractivity contribution in [2.45, 2.75) is 118 Å². The van der Waals surface area contributed by atoms with Gasteiger partial charge in [0.05, 0.1) is 0 Å². The highest BCUT2D eigenvalue weighted by Gasteiger charge is 2.02. The van der Waals surface area contributed by atoms with E-state index in [0.29, 0.717) is 0 Å². The van der Waals surface area contributed by atoms with Gasteiger partial charge in [-0.1, -0.05) is 118 Å². The van der Waals surface area contributed by atoms with Crippen molar-refractivity contribution >= 4 is 0 Å². The van der Waals surface area contributed by atoms with Gasteiger partial charge in [0.25, 0.3) is 0 Å². The van der Waals surface area contributed by atoms with Crippen molar-refractivity contribution in [2.75, 3.05) is 0 Å². The molecule has 0 saturated heterocycles. The smallest absolute Gasteiger partial charge is 0.0443 e. The van der Waals surface area contributed by atoms with Crippen LogP contribution in [0.15, 0.2) is 0 Å². The molecule has 0 N–H and O–H groups in total. The fourth-order valence-electron chi connectivity index (χ4n) is 2.99. The van der Waals surface area contributed by atoms with E-state index < -0.39 is 0 Å². The van der Waals surface area contributed by atoms with Crippen LogP contribution in [0.25, 0.3) is 0 Å². The normalized spacial score (nSPS) is 13.1. The van der Waals surface area contributed by atoms with Gasteiger partial charge in [0, 0.05) is 0 Å². The van der Waals surface area contributed by atoms with Crippen LogP contribution < -0.4 is 0 Å². The van der Waals surface area contributed by atoms with E-state index in [1.807, 2.05) is 0 Å². The zero-order chi connectivity index (χ0) is 15.1. The lowest BCUT2D eigenvalue weighted by molar-refractivity contribution is 0.425. The Bertz CT molecular complexity index is 171. The summed E-state index contributed by atoms with van der Waals surface area (Å²) < 4.78 is 0. The molecule has 1 atom stereocenters. The van der Waals surface area contributed by atoms with Crippen molar-refractivity contribution in [3.63, 3.8) is 0 Å². The van der Waals surface area contributed by atoms with Crippen LogP contribution in [0.1, 0.15) is 118 Å². The Hall–Kier alpha value is 0.